The first-order valence-corrected chi connectivity index (χ1v) is 16.3. The lowest BCUT2D eigenvalue weighted by Crippen LogP contribution is -2.46. The second kappa shape index (κ2) is 14.3. The van der Waals surface area contributed by atoms with Gasteiger partial charge in [-0.3, -0.25) is 0 Å². The zero-order chi connectivity index (χ0) is 28.5. The molecule has 3 aromatic rings. The Morgan fingerprint density at radius 2 is 1.90 bits per heavy atom. The van der Waals surface area contributed by atoms with Crippen molar-refractivity contribution in [2.24, 2.45) is 0 Å². The predicted octanol–water partition coefficient (Wildman–Crippen LogP) is 5.49. The molecule has 0 radical (unpaired) electrons. The number of halogens is 1. The van der Waals surface area contributed by atoms with Crippen LogP contribution < -0.4 is 10.1 Å². The van der Waals surface area contributed by atoms with E-state index < -0.39 is 10.0 Å². The van der Waals surface area contributed by atoms with Crippen LogP contribution in [0.25, 0.3) is 11.3 Å². The van der Waals surface area contributed by atoms with Crippen LogP contribution in [0.15, 0.2) is 54.7 Å². The first-order valence-electron chi connectivity index (χ1n) is 14.0. The van der Waals surface area contributed by atoms with Crippen LogP contribution in [0.4, 0.5) is 5.95 Å². The molecule has 2 heterocycles. The molecule has 10 heteroatoms. The summed E-state index contributed by atoms with van der Waals surface area (Å²) >= 11 is 6.31. The highest BCUT2D eigenvalue weighted by molar-refractivity contribution is 7.88. The van der Waals surface area contributed by atoms with Crippen LogP contribution in [0, 0.1) is 0 Å². The summed E-state index contributed by atoms with van der Waals surface area (Å²) in [5.41, 5.74) is 3.74. The minimum absolute atomic E-state index is 0.0203. The number of likely N-dealkylation sites (tertiary alicyclic amines) is 1. The van der Waals surface area contributed by atoms with Crippen molar-refractivity contribution in [3.8, 4) is 17.0 Å². The van der Waals surface area contributed by atoms with Gasteiger partial charge in [-0.1, -0.05) is 42.8 Å². The number of anilines is 1. The normalized spacial score (nSPS) is 14.9. The minimum atomic E-state index is -3.35. The van der Waals surface area contributed by atoms with E-state index in [1.807, 2.05) is 55.5 Å². The molecule has 1 aromatic heterocycles. The zero-order valence-electron chi connectivity index (χ0n) is 23.6. The van der Waals surface area contributed by atoms with Gasteiger partial charge in [-0.15, -0.1) is 0 Å². The third-order valence-electron chi connectivity index (χ3n) is 7.14. The third-order valence-corrected chi connectivity index (χ3v) is 8.71. The molecule has 1 aliphatic heterocycles. The van der Waals surface area contributed by atoms with Crippen LogP contribution in [0.1, 0.15) is 44.2 Å². The number of rotatable bonds is 13. The summed E-state index contributed by atoms with van der Waals surface area (Å²) in [5.74, 6) is 1.23. The molecular formula is C30H40ClN5O3S. The monoisotopic (exact) mass is 585 g/mol. The maximum atomic E-state index is 12.8. The fourth-order valence-electron chi connectivity index (χ4n) is 5.17. The van der Waals surface area contributed by atoms with Gasteiger partial charge in [0.2, 0.25) is 16.0 Å². The summed E-state index contributed by atoms with van der Waals surface area (Å²) < 4.78 is 32.7. The molecule has 0 spiro atoms. The summed E-state index contributed by atoms with van der Waals surface area (Å²) in [7, 11) is -3.35. The highest BCUT2D eigenvalue weighted by atomic mass is 35.5. The van der Waals surface area contributed by atoms with E-state index in [-0.39, 0.29) is 6.04 Å². The summed E-state index contributed by atoms with van der Waals surface area (Å²) in [6.07, 6.45) is 6.64. The third kappa shape index (κ3) is 8.39. The Kier molecular flexibility index (Phi) is 10.8. The van der Waals surface area contributed by atoms with E-state index >= 15 is 0 Å². The molecule has 40 heavy (non-hydrogen) atoms. The highest BCUT2D eigenvalue weighted by Gasteiger charge is 2.30. The topological polar surface area (TPSA) is 87.7 Å². The van der Waals surface area contributed by atoms with Crippen LogP contribution in [0.2, 0.25) is 5.02 Å². The average Bonchev–Trinajstić information content (AvgIpc) is 2.94. The summed E-state index contributed by atoms with van der Waals surface area (Å²) in [6.45, 7) is 8.63. The van der Waals surface area contributed by atoms with Crippen LogP contribution >= 0.6 is 11.6 Å². The molecule has 4 rings (SSSR count). The molecule has 1 aliphatic rings. The van der Waals surface area contributed by atoms with Crippen LogP contribution in [0.5, 0.6) is 5.75 Å². The van der Waals surface area contributed by atoms with Gasteiger partial charge < -0.3 is 15.0 Å². The van der Waals surface area contributed by atoms with Gasteiger partial charge in [0, 0.05) is 30.9 Å². The molecular weight excluding hydrogens is 546 g/mol. The van der Waals surface area contributed by atoms with E-state index in [9.17, 15) is 8.42 Å². The lowest BCUT2D eigenvalue weighted by Gasteiger charge is -2.37. The number of benzene rings is 2. The zero-order valence-corrected chi connectivity index (χ0v) is 25.2. The molecule has 0 amide bonds. The molecule has 8 nitrogen and oxygen atoms in total. The first-order chi connectivity index (χ1) is 19.3. The van der Waals surface area contributed by atoms with Crippen LogP contribution in [-0.2, 0) is 23.0 Å². The molecule has 2 aromatic carbocycles. The van der Waals surface area contributed by atoms with Gasteiger partial charge in [0.15, 0.2) is 0 Å². The molecule has 1 N–H and O–H groups in total. The second-order valence-electron chi connectivity index (χ2n) is 10.2. The van der Waals surface area contributed by atoms with Gasteiger partial charge in [-0.05, 0) is 87.6 Å². The van der Waals surface area contributed by atoms with Crippen molar-refractivity contribution in [2.45, 2.75) is 52.1 Å². The van der Waals surface area contributed by atoms with Crippen LogP contribution in [0.3, 0.4) is 0 Å². The summed E-state index contributed by atoms with van der Waals surface area (Å²) in [5, 5.41) is 3.90. The van der Waals surface area contributed by atoms with Crippen molar-refractivity contribution in [2.75, 3.05) is 44.4 Å². The summed E-state index contributed by atoms with van der Waals surface area (Å²) in [4.78, 5) is 11.5. The van der Waals surface area contributed by atoms with Gasteiger partial charge in [0.05, 0.1) is 23.6 Å². The average molecular weight is 586 g/mol. The molecule has 0 saturated carbocycles. The van der Waals surface area contributed by atoms with Crippen molar-refractivity contribution in [1.82, 2.24) is 19.2 Å². The summed E-state index contributed by atoms with van der Waals surface area (Å²) in [6, 6.07) is 15.7. The van der Waals surface area contributed by atoms with Gasteiger partial charge in [-0.2, -0.15) is 4.31 Å². The quantitative estimate of drug-likeness (QED) is 0.284. The Morgan fingerprint density at radius 3 is 2.60 bits per heavy atom. The van der Waals surface area contributed by atoms with Crippen LogP contribution in [-0.4, -0.2) is 72.7 Å². The molecule has 0 bridgehead atoms. The highest BCUT2D eigenvalue weighted by Crippen LogP contribution is 2.26. The predicted molar refractivity (Wildman–Crippen MR) is 162 cm³/mol. The molecule has 0 unspecified atom stereocenters. The number of nitrogens with one attached hydrogen (secondary N) is 1. The number of nitrogens with zero attached hydrogens (tertiary/aromatic N) is 4. The smallest absolute Gasteiger partial charge is 0.223 e. The molecule has 216 valence electrons. The van der Waals surface area contributed by atoms with Crippen molar-refractivity contribution in [3.63, 3.8) is 0 Å². The molecule has 1 fully saturated rings. The van der Waals surface area contributed by atoms with Crippen molar-refractivity contribution in [1.29, 1.82) is 0 Å². The Labute approximate surface area is 243 Å². The maximum absolute atomic E-state index is 12.8. The van der Waals surface area contributed by atoms with E-state index in [0.29, 0.717) is 36.4 Å². The van der Waals surface area contributed by atoms with E-state index in [1.165, 1.54) is 6.26 Å². The fraction of sp³-hybridized carbons (Fsp3) is 0.467. The van der Waals surface area contributed by atoms with Gasteiger partial charge in [0.25, 0.3) is 0 Å². The van der Waals surface area contributed by atoms with E-state index in [4.69, 9.17) is 21.3 Å². The van der Waals surface area contributed by atoms with Crippen molar-refractivity contribution >= 4 is 27.6 Å². The van der Waals surface area contributed by atoms with Gasteiger partial charge >= 0.3 is 0 Å². The number of ether oxygens (including phenoxy) is 1. The minimum Gasteiger partial charge on any atom is -0.492 e. The number of aromatic nitrogens is 2. The van der Waals surface area contributed by atoms with Crippen molar-refractivity contribution in [3.05, 3.63) is 70.9 Å². The standard InChI is InChI=1S/C30H40ClN5O3S/c1-4-17-35-18-13-26(14-19-35)36(40(3,37)38)22-24-7-6-8-25(20-24)28-12-16-33-30(34-28)32-15-11-23-9-10-29(39-5-2)27(31)21-23/h6-10,12,16,20-21,26H,4-5,11,13-15,17-19,22H2,1-3H3,(H,32,33,34). The number of piperidine rings is 1. The number of sulfonamides is 1. The Morgan fingerprint density at radius 1 is 1.10 bits per heavy atom. The fourth-order valence-corrected chi connectivity index (χ4v) is 6.56. The SMILES string of the molecule is CCCN1CCC(N(Cc2cccc(-c3ccnc(NCCc4ccc(OCC)c(Cl)c4)n3)c2)S(C)(=O)=O)CC1. The van der Waals surface area contributed by atoms with E-state index in [0.717, 1.165) is 67.7 Å². The Bertz CT molecular complexity index is 1360. The molecule has 0 atom stereocenters. The maximum Gasteiger partial charge on any atom is 0.223 e. The lowest BCUT2D eigenvalue weighted by molar-refractivity contribution is 0.156. The van der Waals surface area contributed by atoms with Gasteiger partial charge in [0.1, 0.15) is 5.75 Å². The van der Waals surface area contributed by atoms with Gasteiger partial charge in [-0.25, -0.2) is 18.4 Å². The largest absolute Gasteiger partial charge is 0.492 e. The molecule has 0 aliphatic carbocycles. The van der Waals surface area contributed by atoms with E-state index in [1.54, 1.807) is 10.5 Å². The number of hydrogen-bond acceptors (Lipinski definition) is 7. The Balaban J connectivity index is 1.40. The number of hydrogen-bond donors (Lipinski definition) is 1. The first kappa shape index (κ1) is 30.2. The Hall–Kier alpha value is -2.72. The van der Waals surface area contributed by atoms with E-state index in [2.05, 4.69) is 22.1 Å². The lowest BCUT2D eigenvalue weighted by atomic mass is 10.0. The molecule has 1 saturated heterocycles. The van der Waals surface area contributed by atoms with Crippen molar-refractivity contribution < 1.29 is 13.2 Å². The second-order valence-corrected chi connectivity index (χ2v) is 12.6.